The Morgan fingerprint density at radius 3 is 2.59 bits per heavy atom. The second-order valence-electron chi connectivity index (χ2n) is 7.17. The van der Waals surface area contributed by atoms with Gasteiger partial charge in [0.1, 0.15) is 11.6 Å². The van der Waals surface area contributed by atoms with E-state index in [0.29, 0.717) is 30.3 Å². The second kappa shape index (κ2) is 10.2. The van der Waals surface area contributed by atoms with Crippen LogP contribution in [-0.4, -0.2) is 23.4 Å². The maximum absolute atomic E-state index is 12.4. The molecule has 0 radical (unpaired) electrons. The van der Waals surface area contributed by atoms with Gasteiger partial charge in [-0.1, -0.05) is 48.0 Å². The van der Waals surface area contributed by atoms with E-state index in [1.165, 1.54) is 18.2 Å². The van der Waals surface area contributed by atoms with E-state index in [9.17, 15) is 14.9 Å². The van der Waals surface area contributed by atoms with Crippen molar-refractivity contribution in [1.29, 1.82) is 0 Å². The van der Waals surface area contributed by atoms with Crippen molar-refractivity contribution in [3.05, 3.63) is 104 Å². The number of benzene rings is 3. The van der Waals surface area contributed by atoms with Gasteiger partial charge in [0.2, 0.25) is 5.90 Å². The molecule has 0 aliphatic carbocycles. The van der Waals surface area contributed by atoms with E-state index in [-0.39, 0.29) is 27.9 Å². The molecule has 0 spiro atoms. The molecule has 0 unspecified atom stereocenters. The molecule has 0 atom stereocenters. The number of halogens is 1. The van der Waals surface area contributed by atoms with Crippen molar-refractivity contribution < 1.29 is 23.9 Å². The Bertz CT molecular complexity index is 1300. The van der Waals surface area contributed by atoms with Crippen LogP contribution in [0.5, 0.6) is 11.5 Å². The van der Waals surface area contributed by atoms with Crippen LogP contribution in [0.15, 0.2) is 77.4 Å². The Morgan fingerprint density at radius 1 is 1.06 bits per heavy atom. The lowest BCUT2D eigenvalue weighted by Gasteiger charge is -2.12. The number of hydrogen-bond acceptors (Lipinski definition) is 7. The first-order valence-corrected chi connectivity index (χ1v) is 10.7. The highest BCUT2D eigenvalue weighted by molar-refractivity contribution is 6.32. The first-order valence-electron chi connectivity index (χ1n) is 10.3. The van der Waals surface area contributed by atoms with Crippen LogP contribution in [0.4, 0.5) is 5.69 Å². The van der Waals surface area contributed by atoms with Gasteiger partial charge in [-0.15, -0.1) is 0 Å². The van der Waals surface area contributed by atoms with Crippen molar-refractivity contribution in [3.8, 4) is 11.5 Å². The summed E-state index contributed by atoms with van der Waals surface area (Å²) in [7, 11) is 0. The zero-order valence-corrected chi connectivity index (χ0v) is 18.8. The average molecular weight is 479 g/mol. The van der Waals surface area contributed by atoms with Crippen molar-refractivity contribution >= 4 is 35.2 Å². The van der Waals surface area contributed by atoms with E-state index in [1.807, 2.05) is 37.3 Å². The summed E-state index contributed by atoms with van der Waals surface area (Å²) in [6, 6.07) is 19.1. The Labute approximate surface area is 200 Å². The average Bonchev–Trinajstić information content (AvgIpc) is 3.19. The Morgan fingerprint density at radius 2 is 1.85 bits per heavy atom. The van der Waals surface area contributed by atoms with Crippen molar-refractivity contribution in [1.82, 2.24) is 0 Å². The van der Waals surface area contributed by atoms with Crippen LogP contribution in [0.1, 0.15) is 23.6 Å². The van der Waals surface area contributed by atoms with Gasteiger partial charge in [0.15, 0.2) is 17.2 Å². The smallest absolute Gasteiger partial charge is 0.363 e. The summed E-state index contributed by atoms with van der Waals surface area (Å²) in [6.45, 7) is 2.68. The number of esters is 1. The molecule has 0 aromatic heterocycles. The molecule has 3 aromatic rings. The van der Waals surface area contributed by atoms with Crippen LogP contribution in [-0.2, 0) is 16.1 Å². The largest absolute Gasteiger partial charge is 0.490 e. The minimum absolute atomic E-state index is 0.0209. The topological polar surface area (TPSA) is 100 Å². The predicted molar refractivity (Wildman–Crippen MR) is 127 cm³/mol. The summed E-state index contributed by atoms with van der Waals surface area (Å²) in [5, 5.41) is 11.1. The molecule has 0 saturated heterocycles. The third-order valence-electron chi connectivity index (χ3n) is 4.82. The van der Waals surface area contributed by atoms with Gasteiger partial charge in [-0.2, -0.15) is 0 Å². The summed E-state index contributed by atoms with van der Waals surface area (Å²) in [5.41, 5.74) is 1.69. The molecule has 8 nitrogen and oxygen atoms in total. The Balaban J connectivity index is 1.58. The number of rotatable bonds is 8. The third kappa shape index (κ3) is 5.24. The first-order chi connectivity index (χ1) is 16.4. The fourth-order valence-corrected chi connectivity index (χ4v) is 3.40. The predicted octanol–water partition coefficient (Wildman–Crippen LogP) is 5.57. The molecular weight excluding hydrogens is 460 g/mol. The number of aliphatic imine (C=N–C) groups is 1. The van der Waals surface area contributed by atoms with E-state index < -0.39 is 10.9 Å². The van der Waals surface area contributed by atoms with Crippen LogP contribution in [0.2, 0.25) is 5.02 Å². The monoisotopic (exact) mass is 478 g/mol. The van der Waals surface area contributed by atoms with Gasteiger partial charge in [0.25, 0.3) is 5.69 Å². The maximum Gasteiger partial charge on any atom is 0.363 e. The van der Waals surface area contributed by atoms with E-state index in [2.05, 4.69) is 4.99 Å². The van der Waals surface area contributed by atoms with Gasteiger partial charge in [0, 0.05) is 11.6 Å². The molecule has 34 heavy (non-hydrogen) atoms. The third-order valence-corrected chi connectivity index (χ3v) is 5.14. The SMILES string of the molecule is CCOc1cc(/C=C2\N=C(c3ccc(Cl)c([N+](=O)[O-])c3)OC2=O)ccc1OCc1ccccc1. The lowest BCUT2D eigenvalue weighted by atomic mass is 10.1. The molecular formula is C25H19ClN2O6. The minimum Gasteiger partial charge on any atom is -0.490 e. The number of nitrogens with zero attached hydrogens (tertiary/aromatic N) is 2. The van der Waals surface area contributed by atoms with Gasteiger partial charge in [-0.25, -0.2) is 9.79 Å². The van der Waals surface area contributed by atoms with Crippen LogP contribution < -0.4 is 9.47 Å². The fourth-order valence-electron chi connectivity index (χ4n) is 3.21. The van der Waals surface area contributed by atoms with Crippen molar-refractivity contribution in [2.24, 2.45) is 4.99 Å². The highest BCUT2D eigenvalue weighted by Gasteiger charge is 2.26. The zero-order chi connectivity index (χ0) is 24.1. The second-order valence-corrected chi connectivity index (χ2v) is 7.58. The molecule has 1 aliphatic rings. The van der Waals surface area contributed by atoms with E-state index in [4.69, 9.17) is 25.8 Å². The highest BCUT2D eigenvalue weighted by atomic mass is 35.5. The number of hydrogen-bond donors (Lipinski definition) is 0. The van der Waals surface area contributed by atoms with E-state index in [1.54, 1.807) is 24.3 Å². The van der Waals surface area contributed by atoms with Crippen molar-refractivity contribution in [2.75, 3.05) is 6.61 Å². The number of nitro benzene ring substituents is 1. The fraction of sp³-hybridized carbons (Fsp3) is 0.120. The molecule has 1 aliphatic heterocycles. The molecule has 0 saturated carbocycles. The summed E-state index contributed by atoms with van der Waals surface area (Å²) in [5.74, 6) is 0.384. The van der Waals surface area contributed by atoms with Gasteiger partial charge >= 0.3 is 5.97 Å². The highest BCUT2D eigenvalue weighted by Crippen LogP contribution is 2.31. The van der Waals surface area contributed by atoms with Crippen LogP contribution in [0.3, 0.4) is 0 Å². The van der Waals surface area contributed by atoms with Gasteiger partial charge in [-0.3, -0.25) is 10.1 Å². The molecule has 3 aromatic carbocycles. The summed E-state index contributed by atoms with van der Waals surface area (Å²) in [6.07, 6.45) is 1.54. The van der Waals surface area contributed by atoms with E-state index in [0.717, 1.165) is 5.56 Å². The summed E-state index contributed by atoms with van der Waals surface area (Å²) < 4.78 is 16.8. The molecule has 0 bridgehead atoms. The van der Waals surface area contributed by atoms with Gasteiger partial charge < -0.3 is 14.2 Å². The lowest BCUT2D eigenvalue weighted by molar-refractivity contribution is -0.384. The maximum atomic E-state index is 12.4. The van der Waals surface area contributed by atoms with Gasteiger partial charge in [0.05, 0.1) is 11.5 Å². The zero-order valence-electron chi connectivity index (χ0n) is 18.1. The number of nitro groups is 1. The summed E-state index contributed by atoms with van der Waals surface area (Å²) >= 11 is 5.85. The van der Waals surface area contributed by atoms with Crippen LogP contribution in [0, 0.1) is 10.1 Å². The molecule has 172 valence electrons. The van der Waals surface area contributed by atoms with Crippen LogP contribution in [0.25, 0.3) is 6.08 Å². The van der Waals surface area contributed by atoms with Crippen LogP contribution >= 0.6 is 11.6 Å². The van der Waals surface area contributed by atoms with Crippen molar-refractivity contribution in [2.45, 2.75) is 13.5 Å². The standard InChI is InChI=1S/C25H19ClN2O6/c1-2-32-23-13-17(8-11-22(23)33-15-16-6-4-3-5-7-16)12-20-25(29)34-24(27-20)18-9-10-19(26)21(14-18)28(30)31/h3-14H,2,15H2,1H3/b20-12-. The first kappa shape index (κ1) is 23.0. The van der Waals surface area contributed by atoms with E-state index >= 15 is 0 Å². The normalized spacial score (nSPS) is 14.0. The minimum atomic E-state index is -0.671. The summed E-state index contributed by atoms with van der Waals surface area (Å²) in [4.78, 5) is 27.1. The lowest BCUT2D eigenvalue weighted by Crippen LogP contribution is -2.06. The number of ether oxygens (including phenoxy) is 3. The molecule has 0 amide bonds. The number of carbonyl (C=O) groups is 1. The molecule has 4 rings (SSSR count). The molecule has 0 fully saturated rings. The molecule has 1 heterocycles. The molecule has 0 N–H and O–H groups in total. The molecule has 9 heteroatoms. The van der Waals surface area contributed by atoms with Crippen molar-refractivity contribution in [3.63, 3.8) is 0 Å². The number of carbonyl (C=O) groups excluding carboxylic acids is 1. The Hall–Kier alpha value is -4.17. The number of cyclic esters (lactones) is 1. The Kier molecular flexibility index (Phi) is 6.89. The van der Waals surface area contributed by atoms with Gasteiger partial charge in [-0.05, 0) is 48.4 Å². The quantitative estimate of drug-likeness (QED) is 0.181.